The van der Waals surface area contributed by atoms with Crippen LogP contribution in [0.2, 0.25) is 0 Å². The smallest absolute Gasteiger partial charge is 0.0390 e. The molecule has 16 heavy (non-hydrogen) atoms. The second-order valence-corrected chi connectivity index (χ2v) is 4.98. The van der Waals surface area contributed by atoms with E-state index in [2.05, 4.69) is 52.2 Å². The van der Waals surface area contributed by atoms with Crippen LogP contribution in [0.5, 0.6) is 0 Å². The van der Waals surface area contributed by atoms with Gasteiger partial charge < -0.3 is 4.90 Å². The lowest BCUT2D eigenvalue weighted by atomic mass is 9.84. The molecule has 0 amide bonds. The summed E-state index contributed by atoms with van der Waals surface area (Å²) in [6.45, 7) is 16.2. The SMILES string of the molecule is C=C/C=C1\C(=C(C)C)N(CC)C(C)CC1C. The molecule has 0 radical (unpaired) electrons. The Morgan fingerprint density at radius 2 is 2.06 bits per heavy atom. The monoisotopic (exact) mass is 219 g/mol. The molecule has 1 rings (SSSR count). The number of likely N-dealkylation sites (tertiary alicyclic amines) is 1. The molecular weight excluding hydrogens is 194 g/mol. The van der Waals surface area contributed by atoms with Crippen LogP contribution in [0, 0.1) is 5.92 Å². The zero-order valence-corrected chi connectivity index (χ0v) is 11.4. The summed E-state index contributed by atoms with van der Waals surface area (Å²) < 4.78 is 0. The van der Waals surface area contributed by atoms with E-state index in [1.807, 2.05) is 6.08 Å². The number of hydrogen-bond donors (Lipinski definition) is 0. The van der Waals surface area contributed by atoms with E-state index in [9.17, 15) is 0 Å². The van der Waals surface area contributed by atoms with E-state index in [0.717, 1.165) is 6.54 Å². The molecule has 2 unspecified atom stereocenters. The van der Waals surface area contributed by atoms with Gasteiger partial charge in [0.1, 0.15) is 0 Å². The van der Waals surface area contributed by atoms with Crippen LogP contribution in [0.1, 0.15) is 41.0 Å². The Bertz CT molecular complexity index is 318. The summed E-state index contributed by atoms with van der Waals surface area (Å²) in [5.41, 5.74) is 4.30. The molecule has 0 aromatic rings. The third-order valence-corrected chi connectivity index (χ3v) is 3.43. The quantitative estimate of drug-likeness (QED) is 0.674. The maximum absolute atomic E-state index is 3.84. The van der Waals surface area contributed by atoms with Crippen LogP contribution in [-0.4, -0.2) is 17.5 Å². The van der Waals surface area contributed by atoms with Gasteiger partial charge in [0.15, 0.2) is 0 Å². The Morgan fingerprint density at radius 3 is 2.50 bits per heavy atom. The normalized spacial score (nSPS) is 28.4. The highest BCUT2D eigenvalue weighted by molar-refractivity contribution is 5.39. The summed E-state index contributed by atoms with van der Waals surface area (Å²) in [6.07, 6.45) is 5.34. The first-order valence-corrected chi connectivity index (χ1v) is 6.30. The van der Waals surface area contributed by atoms with Crippen LogP contribution < -0.4 is 0 Å². The maximum atomic E-state index is 3.84. The number of allylic oxidation sites excluding steroid dienone is 4. The fourth-order valence-electron chi connectivity index (χ4n) is 2.80. The van der Waals surface area contributed by atoms with Crippen molar-refractivity contribution in [3.63, 3.8) is 0 Å². The Labute approximate surface area is 101 Å². The van der Waals surface area contributed by atoms with Crippen molar-refractivity contribution in [2.75, 3.05) is 6.54 Å². The predicted octanol–water partition coefficient (Wildman–Crippen LogP) is 4.14. The average molecular weight is 219 g/mol. The number of likely N-dealkylation sites (N-methyl/N-ethyl adjacent to an activating group) is 1. The highest BCUT2D eigenvalue weighted by Gasteiger charge is 2.29. The molecule has 1 heteroatoms. The summed E-state index contributed by atoms with van der Waals surface area (Å²) in [4.78, 5) is 2.52. The van der Waals surface area contributed by atoms with Gasteiger partial charge in [0.2, 0.25) is 0 Å². The molecule has 0 aliphatic carbocycles. The fraction of sp³-hybridized carbons (Fsp3) is 0.600. The number of nitrogens with zero attached hydrogens (tertiary/aromatic N) is 1. The van der Waals surface area contributed by atoms with E-state index in [1.165, 1.54) is 23.3 Å². The lowest BCUT2D eigenvalue weighted by molar-refractivity contribution is 0.221. The minimum absolute atomic E-state index is 0.640. The third kappa shape index (κ3) is 2.40. The second kappa shape index (κ2) is 5.38. The molecule has 1 aliphatic rings. The Kier molecular flexibility index (Phi) is 4.40. The van der Waals surface area contributed by atoms with Crippen molar-refractivity contribution in [2.45, 2.75) is 47.1 Å². The molecule has 1 saturated heterocycles. The number of rotatable bonds is 2. The molecule has 0 saturated carbocycles. The van der Waals surface area contributed by atoms with Crippen LogP contribution >= 0.6 is 0 Å². The topological polar surface area (TPSA) is 3.24 Å². The zero-order chi connectivity index (χ0) is 12.3. The van der Waals surface area contributed by atoms with Gasteiger partial charge in [-0.25, -0.2) is 0 Å². The maximum Gasteiger partial charge on any atom is 0.0390 e. The summed E-state index contributed by atoms with van der Waals surface area (Å²) in [6, 6.07) is 0.645. The van der Waals surface area contributed by atoms with Crippen LogP contribution in [0.4, 0.5) is 0 Å². The first kappa shape index (κ1) is 13.1. The summed E-state index contributed by atoms with van der Waals surface area (Å²) in [7, 11) is 0. The fourth-order valence-corrected chi connectivity index (χ4v) is 2.80. The van der Waals surface area contributed by atoms with Gasteiger partial charge in [-0.3, -0.25) is 0 Å². The molecule has 90 valence electrons. The zero-order valence-electron chi connectivity index (χ0n) is 11.4. The van der Waals surface area contributed by atoms with E-state index >= 15 is 0 Å². The van der Waals surface area contributed by atoms with Crippen molar-refractivity contribution in [1.29, 1.82) is 0 Å². The van der Waals surface area contributed by atoms with E-state index in [0.29, 0.717) is 12.0 Å². The summed E-state index contributed by atoms with van der Waals surface area (Å²) in [5.74, 6) is 0.640. The standard InChI is InChI=1S/C15H25N/c1-7-9-14-12(5)10-13(6)16(8-2)15(14)11(3)4/h7,9,12-13H,1,8,10H2,2-6H3/b14-9-. The Balaban J connectivity index is 3.22. The molecule has 1 aliphatic heterocycles. The van der Waals surface area contributed by atoms with Crippen LogP contribution in [0.25, 0.3) is 0 Å². The number of hydrogen-bond acceptors (Lipinski definition) is 1. The second-order valence-electron chi connectivity index (χ2n) is 4.98. The summed E-state index contributed by atoms with van der Waals surface area (Å²) in [5, 5.41) is 0. The van der Waals surface area contributed by atoms with E-state index < -0.39 is 0 Å². The molecule has 1 heterocycles. The van der Waals surface area contributed by atoms with Gasteiger partial charge in [-0.2, -0.15) is 0 Å². The first-order valence-electron chi connectivity index (χ1n) is 6.30. The molecule has 0 spiro atoms. The molecular formula is C15H25N. The third-order valence-electron chi connectivity index (χ3n) is 3.43. The van der Waals surface area contributed by atoms with Gasteiger partial charge in [0.05, 0.1) is 0 Å². The van der Waals surface area contributed by atoms with Crippen molar-refractivity contribution in [2.24, 2.45) is 5.92 Å². The van der Waals surface area contributed by atoms with E-state index in [-0.39, 0.29) is 0 Å². The van der Waals surface area contributed by atoms with Gasteiger partial charge in [0.25, 0.3) is 0 Å². The van der Waals surface area contributed by atoms with E-state index in [4.69, 9.17) is 0 Å². The van der Waals surface area contributed by atoms with Gasteiger partial charge in [-0.05, 0) is 45.6 Å². The average Bonchev–Trinajstić information content (AvgIpc) is 2.21. The number of piperidine rings is 1. The molecule has 1 fully saturated rings. The van der Waals surface area contributed by atoms with Crippen molar-refractivity contribution in [1.82, 2.24) is 4.90 Å². The van der Waals surface area contributed by atoms with Crippen molar-refractivity contribution < 1.29 is 0 Å². The Hall–Kier alpha value is -0.980. The molecule has 0 aromatic carbocycles. The minimum atomic E-state index is 0.640. The molecule has 0 N–H and O–H groups in total. The first-order chi connectivity index (χ1) is 7.52. The van der Waals surface area contributed by atoms with Crippen molar-refractivity contribution in [3.8, 4) is 0 Å². The lowest BCUT2D eigenvalue weighted by Crippen LogP contribution is -2.40. The van der Waals surface area contributed by atoms with Crippen LogP contribution in [-0.2, 0) is 0 Å². The molecule has 2 atom stereocenters. The van der Waals surface area contributed by atoms with Gasteiger partial charge >= 0.3 is 0 Å². The van der Waals surface area contributed by atoms with Crippen molar-refractivity contribution in [3.05, 3.63) is 35.6 Å². The molecule has 0 bridgehead atoms. The van der Waals surface area contributed by atoms with E-state index in [1.54, 1.807) is 0 Å². The van der Waals surface area contributed by atoms with Gasteiger partial charge in [-0.15, -0.1) is 0 Å². The summed E-state index contributed by atoms with van der Waals surface area (Å²) >= 11 is 0. The van der Waals surface area contributed by atoms with Gasteiger partial charge in [-0.1, -0.05) is 31.2 Å². The minimum Gasteiger partial charge on any atom is -0.369 e. The Morgan fingerprint density at radius 1 is 1.44 bits per heavy atom. The van der Waals surface area contributed by atoms with Gasteiger partial charge in [0, 0.05) is 18.3 Å². The molecule has 1 nitrogen and oxygen atoms in total. The van der Waals surface area contributed by atoms with Crippen molar-refractivity contribution >= 4 is 0 Å². The highest BCUT2D eigenvalue weighted by atomic mass is 15.2. The molecule has 0 aromatic heterocycles. The highest BCUT2D eigenvalue weighted by Crippen LogP contribution is 2.36. The van der Waals surface area contributed by atoms with Crippen LogP contribution in [0.15, 0.2) is 35.6 Å². The lowest BCUT2D eigenvalue weighted by Gasteiger charge is -2.42. The predicted molar refractivity (Wildman–Crippen MR) is 72.3 cm³/mol. The largest absolute Gasteiger partial charge is 0.369 e. The van der Waals surface area contributed by atoms with Crippen LogP contribution in [0.3, 0.4) is 0 Å².